The Bertz CT molecular complexity index is 974. The molecule has 0 aliphatic carbocycles. The molecule has 3 heterocycles. The van der Waals surface area contributed by atoms with Crippen molar-refractivity contribution in [2.75, 3.05) is 13.1 Å². The lowest BCUT2D eigenvalue weighted by atomic mass is 9.91. The number of likely N-dealkylation sites (tertiary alicyclic amines) is 1. The highest BCUT2D eigenvalue weighted by atomic mass is 35.5. The van der Waals surface area contributed by atoms with Crippen molar-refractivity contribution in [2.45, 2.75) is 26.8 Å². The molecular formula is C22H22Cl2N2O3. The lowest BCUT2D eigenvalue weighted by Crippen LogP contribution is -2.41. The van der Waals surface area contributed by atoms with Crippen LogP contribution in [0.25, 0.3) is 5.57 Å². The number of amides is 2. The first-order valence-electron chi connectivity index (χ1n) is 9.68. The maximum Gasteiger partial charge on any atom is 0.278 e. The van der Waals surface area contributed by atoms with Gasteiger partial charge in [-0.3, -0.25) is 14.5 Å². The van der Waals surface area contributed by atoms with E-state index >= 15 is 0 Å². The standard InChI is InChI=1S/C22H22Cl2N2O3/c1-13-8-14(2)11-25(10-13)20-19(17-6-5-15(23)9-18(17)24)21(27)26(22(20)28)12-16-4-3-7-29-16/h3-7,9,13-14H,8,10-12H2,1-2H3. The zero-order valence-corrected chi connectivity index (χ0v) is 17.8. The summed E-state index contributed by atoms with van der Waals surface area (Å²) < 4.78 is 5.37. The second-order valence-corrected chi connectivity index (χ2v) is 8.82. The van der Waals surface area contributed by atoms with Crippen molar-refractivity contribution >= 4 is 40.6 Å². The summed E-state index contributed by atoms with van der Waals surface area (Å²) in [6.45, 7) is 5.87. The first kappa shape index (κ1) is 20.0. The third kappa shape index (κ3) is 3.81. The predicted molar refractivity (Wildman–Crippen MR) is 112 cm³/mol. The number of imide groups is 1. The second-order valence-electron chi connectivity index (χ2n) is 7.97. The van der Waals surface area contributed by atoms with Crippen LogP contribution in [-0.4, -0.2) is 34.7 Å². The molecule has 5 nitrogen and oxygen atoms in total. The number of carbonyl (C=O) groups is 2. The van der Waals surface area contributed by atoms with Gasteiger partial charge in [-0.05, 0) is 42.5 Å². The van der Waals surface area contributed by atoms with E-state index in [1.54, 1.807) is 30.3 Å². The summed E-state index contributed by atoms with van der Waals surface area (Å²) in [5, 5.41) is 0.828. The Kier molecular flexibility index (Phi) is 5.45. The molecule has 2 aromatic rings. The highest BCUT2D eigenvalue weighted by Crippen LogP contribution is 2.38. The quantitative estimate of drug-likeness (QED) is 0.648. The Morgan fingerprint density at radius 3 is 2.41 bits per heavy atom. The number of furan rings is 1. The van der Waals surface area contributed by atoms with Crippen LogP contribution < -0.4 is 0 Å². The molecule has 29 heavy (non-hydrogen) atoms. The normalized spacial score (nSPS) is 22.8. The summed E-state index contributed by atoms with van der Waals surface area (Å²) >= 11 is 12.5. The summed E-state index contributed by atoms with van der Waals surface area (Å²) in [6, 6.07) is 8.47. The minimum Gasteiger partial charge on any atom is -0.467 e. The Balaban J connectivity index is 1.80. The first-order chi connectivity index (χ1) is 13.8. The molecule has 0 bridgehead atoms. The van der Waals surface area contributed by atoms with Crippen molar-refractivity contribution in [2.24, 2.45) is 11.8 Å². The van der Waals surface area contributed by atoms with E-state index in [0.29, 0.717) is 44.5 Å². The van der Waals surface area contributed by atoms with Crippen LogP contribution in [0.2, 0.25) is 10.0 Å². The molecule has 1 saturated heterocycles. The lowest BCUT2D eigenvalue weighted by molar-refractivity contribution is -0.138. The number of benzene rings is 1. The molecule has 2 amide bonds. The smallest absolute Gasteiger partial charge is 0.278 e. The van der Waals surface area contributed by atoms with Crippen molar-refractivity contribution in [1.82, 2.24) is 9.80 Å². The maximum atomic E-state index is 13.4. The number of piperidine rings is 1. The van der Waals surface area contributed by atoms with Crippen LogP contribution in [0.3, 0.4) is 0 Å². The van der Waals surface area contributed by atoms with Gasteiger partial charge in [-0.1, -0.05) is 43.1 Å². The number of carbonyl (C=O) groups excluding carboxylic acids is 2. The van der Waals surface area contributed by atoms with E-state index in [2.05, 4.69) is 13.8 Å². The van der Waals surface area contributed by atoms with Crippen molar-refractivity contribution < 1.29 is 14.0 Å². The van der Waals surface area contributed by atoms with Crippen molar-refractivity contribution in [3.8, 4) is 0 Å². The molecule has 0 saturated carbocycles. The van der Waals surface area contributed by atoms with E-state index in [4.69, 9.17) is 27.6 Å². The third-order valence-corrected chi connectivity index (χ3v) is 5.97. The van der Waals surface area contributed by atoms with Gasteiger partial charge in [0.2, 0.25) is 0 Å². The number of hydrogen-bond acceptors (Lipinski definition) is 4. The van der Waals surface area contributed by atoms with Crippen LogP contribution in [0.4, 0.5) is 0 Å². The van der Waals surface area contributed by atoms with E-state index in [1.807, 2.05) is 4.90 Å². The van der Waals surface area contributed by atoms with Crippen LogP contribution in [0.5, 0.6) is 0 Å². The van der Waals surface area contributed by atoms with Gasteiger partial charge in [0.1, 0.15) is 11.5 Å². The zero-order chi connectivity index (χ0) is 20.7. The second kappa shape index (κ2) is 7.88. The average Bonchev–Trinajstić information content (AvgIpc) is 3.23. The number of halogens is 2. The monoisotopic (exact) mass is 432 g/mol. The third-order valence-electron chi connectivity index (χ3n) is 5.42. The summed E-state index contributed by atoms with van der Waals surface area (Å²) in [4.78, 5) is 30.1. The number of rotatable bonds is 4. The van der Waals surface area contributed by atoms with Crippen LogP contribution in [0, 0.1) is 11.8 Å². The fourth-order valence-corrected chi connectivity index (χ4v) is 4.84. The van der Waals surface area contributed by atoms with Gasteiger partial charge >= 0.3 is 0 Å². The SMILES string of the molecule is CC1CC(C)CN(C2=C(c3ccc(Cl)cc3Cl)C(=O)N(Cc3ccco3)C2=O)C1. The maximum absolute atomic E-state index is 13.4. The van der Waals surface area contributed by atoms with Gasteiger partial charge in [0.05, 0.1) is 23.4 Å². The first-order valence-corrected chi connectivity index (χ1v) is 10.4. The predicted octanol–water partition coefficient (Wildman–Crippen LogP) is 4.84. The zero-order valence-electron chi connectivity index (χ0n) is 16.3. The van der Waals surface area contributed by atoms with Gasteiger partial charge in [0.15, 0.2) is 0 Å². The Morgan fingerprint density at radius 1 is 1.07 bits per heavy atom. The average molecular weight is 433 g/mol. The number of nitrogens with zero attached hydrogens (tertiary/aromatic N) is 2. The molecule has 2 atom stereocenters. The minimum absolute atomic E-state index is 0.0851. The van der Waals surface area contributed by atoms with E-state index in [-0.39, 0.29) is 18.4 Å². The number of hydrogen-bond donors (Lipinski definition) is 0. The fraction of sp³-hybridized carbons (Fsp3) is 0.364. The molecule has 7 heteroatoms. The van der Waals surface area contributed by atoms with Crippen LogP contribution in [0.15, 0.2) is 46.7 Å². The van der Waals surface area contributed by atoms with Crippen LogP contribution in [0.1, 0.15) is 31.6 Å². The Labute approximate surface area is 179 Å². The fourth-order valence-electron chi connectivity index (χ4n) is 4.34. The molecule has 2 aliphatic heterocycles. The van der Waals surface area contributed by atoms with E-state index in [9.17, 15) is 9.59 Å². The van der Waals surface area contributed by atoms with Crippen molar-refractivity contribution in [3.63, 3.8) is 0 Å². The van der Waals surface area contributed by atoms with Crippen LogP contribution >= 0.6 is 23.2 Å². The van der Waals surface area contributed by atoms with E-state index in [0.717, 1.165) is 19.5 Å². The molecule has 1 aromatic carbocycles. The highest BCUT2D eigenvalue weighted by Gasteiger charge is 2.43. The summed E-state index contributed by atoms with van der Waals surface area (Å²) in [5.41, 5.74) is 1.28. The summed E-state index contributed by atoms with van der Waals surface area (Å²) in [6.07, 6.45) is 2.62. The van der Waals surface area contributed by atoms with E-state index in [1.165, 1.54) is 11.2 Å². The largest absolute Gasteiger partial charge is 0.467 e. The molecule has 4 rings (SSSR count). The van der Waals surface area contributed by atoms with Crippen LogP contribution in [-0.2, 0) is 16.1 Å². The van der Waals surface area contributed by atoms with Crippen molar-refractivity contribution in [1.29, 1.82) is 0 Å². The molecular weight excluding hydrogens is 411 g/mol. The molecule has 2 unspecified atom stereocenters. The molecule has 152 valence electrons. The van der Waals surface area contributed by atoms with Gasteiger partial charge in [0, 0.05) is 23.7 Å². The Hall–Kier alpha value is -2.24. The molecule has 2 aliphatic rings. The van der Waals surface area contributed by atoms with E-state index < -0.39 is 0 Å². The van der Waals surface area contributed by atoms with Gasteiger partial charge in [-0.2, -0.15) is 0 Å². The Morgan fingerprint density at radius 2 is 1.79 bits per heavy atom. The van der Waals surface area contributed by atoms with Gasteiger partial charge in [-0.15, -0.1) is 0 Å². The molecule has 0 N–H and O–H groups in total. The van der Waals surface area contributed by atoms with Gasteiger partial charge in [0.25, 0.3) is 11.8 Å². The molecule has 1 fully saturated rings. The lowest BCUT2D eigenvalue weighted by Gasteiger charge is -2.37. The topological polar surface area (TPSA) is 53.8 Å². The summed E-state index contributed by atoms with van der Waals surface area (Å²) in [5.74, 6) is 0.727. The van der Waals surface area contributed by atoms with Gasteiger partial charge < -0.3 is 9.32 Å². The van der Waals surface area contributed by atoms with Gasteiger partial charge in [-0.25, -0.2) is 0 Å². The molecule has 1 aromatic heterocycles. The highest BCUT2D eigenvalue weighted by molar-refractivity contribution is 6.41. The molecule has 0 spiro atoms. The summed E-state index contributed by atoms with van der Waals surface area (Å²) in [7, 11) is 0. The van der Waals surface area contributed by atoms with Crippen molar-refractivity contribution in [3.05, 3.63) is 63.7 Å². The minimum atomic E-state index is -0.364. The molecule has 0 radical (unpaired) electrons.